The van der Waals surface area contributed by atoms with Crippen molar-refractivity contribution in [3.05, 3.63) is 28.3 Å². The van der Waals surface area contributed by atoms with E-state index in [4.69, 9.17) is 10.5 Å². The SMILES string of the molecule is COc1c(C)c(C)cc(C)c1CCNC(=O)C(N)=O. The lowest BCUT2D eigenvalue weighted by molar-refractivity contribution is -0.137. The van der Waals surface area contributed by atoms with E-state index in [1.54, 1.807) is 7.11 Å². The van der Waals surface area contributed by atoms with Crippen molar-refractivity contribution in [1.29, 1.82) is 0 Å². The molecule has 0 aliphatic heterocycles. The minimum Gasteiger partial charge on any atom is -0.496 e. The van der Waals surface area contributed by atoms with Gasteiger partial charge in [0, 0.05) is 6.54 Å². The highest BCUT2D eigenvalue weighted by Gasteiger charge is 2.13. The van der Waals surface area contributed by atoms with Crippen LogP contribution in [-0.2, 0) is 16.0 Å². The van der Waals surface area contributed by atoms with Gasteiger partial charge >= 0.3 is 11.8 Å². The van der Waals surface area contributed by atoms with E-state index in [9.17, 15) is 9.59 Å². The fraction of sp³-hybridized carbons (Fsp3) is 0.429. The molecule has 19 heavy (non-hydrogen) atoms. The van der Waals surface area contributed by atoms with Crippen molar-refractivity contribution in [1.82, 2.24) is 5.32 Å². The molecule has 0 atom stereocenters. The first-order valence-corrected chi connectivity index (χ1v) is 6.09. The third-order valence-corrected chi connectivity index (χ3v) is 3.20. The number of carbonyl (C=O) groups excluding carboxylic acids is 2. The van der Waals surface area contributed by atoms with E-state index in [2.05, 4.69) is 11.4 Å². The topological polar surface area (TPSA) is 81.4 Å². The molecule has 1 aromatic carbocycles. The summed E-state index contributed by atoms with van der Waals surface area (Å²) in [6.07, 6.45) is 0.592. The molecule has 0 saturated carbocycles. The first-order valence-electron chi connectivity index (χ1n) is 6.09. The van der Waals surface area contributed by atoms with E-state index in [1.165, 1.54) is 5.56 Å². The molecule has 0 heterocycles. The van der Waals surface area contributed by atoms with Crippen LogP contribution in [0.5, 0.6) is 5.75 Å². The van der Waals surface area contributed by atoms with Crippen molar-refractivity contribution in [2.75, 3.05) is 13.7 Å². The summed E-state index contributed by atoms with van der Waals surface area (Å²) in [6, 6.07) is 2.09. The minimum absolute atomic E-state index is 0.349. The van der Waals surface area contributed by atoms with E-state index < -0.39 is 11.8 Å². The highest BCUT2D eigenvalue weighted by Crippen LogP contribution is 2.29. The lowest BCUT2D eigenvalue weighted by Gasteiger charge is -2.16. The molecule has 0 saturated heterocycles. The lowest BCUT2D eigenvalue weighted by atomic mass is 9.97. The van der Waals surface area contributed by atoms with Gasteiger partial charge in [-0.3, -0.25) is 9.59 Å². The Morgan fingerprint density at radius 3 is 2.42 bits per heavy atom. The van der Waals surface area contributed by atoms with Gasteiger partial charge in [0.05, 0.1) is 7.11 Å². The second-order valence-electron chi connectivity index (χ2n) is 4.52. The third kappa shape index (κ3) is 3.47. The number of nitrogens with two attached hydrogens (primary N) is 1. The van der Waals surface area contributed by atoms with Gasteiger partial charge in [-0.2, -0.15) is 0 Å². The zero-order chi connectivity index (χ0) is 14.6. The minimum atomic E-state index is -0.969. The van der Waals surface area contributed by atoms with Crippen LogP contribution in [0.3, 0.4) is 0 Å². The standard InChI is InChI=1S/C14H20N2O3/c1-8-7-9(2)11(12(19-4)10(8)3)5-6-16-14(18)13(15)17/h7H,5-6H2,1-4H3,(H2,15,17)(H,16,18). The summed E-state index contributed by atoms with van der Waals surface area (Å²) in [5, 5.41) is 2.47. The Morgan fingerprint density at radius 1 is 1.26 bits per heavy atom. The summed E-state index contributed by atoms with van der Waals surface area (Å²) in [5.41, 5.74) is 9.27. The number of carbonyl (C=O) groups is 2. The van der Waals surface area contributed by atoms with E-state index in [-0.39, 0.29) is 0 Å². The predicted molar refractivity (Wildman–Crippen MR) is 73.1 cm³/mol. The van der Waals surface area contributed by atoms with Crippen molar-refractivity contribution in [2.24, 2.45) is 5.73 Å². The van der Waals surface area contributed by atoms with Gasteiger partial charge in [0.15, 0.2) is 0 Å². The van der Waals surface area contributed by atoms with Crippen LogP contribution in [-0.4, -0.2) is 25.5 Å². The Labute approximate surface area is 113 Å². The van der Waals surface area contributed by atoms with Gasteiger partial charge in [-0.15, -0.1) is 0 Å². The monoisotopic (exact) mass is 264 g/mol. The maximum atomic E-state index is 11.1. The van der Waals surface area contributed by atoms with Crippen molar-refractivity contribution in [2.45, 2.75) is 27.2 Å². The smallest absolute Gasteiger partial charge is 0.309 e. The molecule has 104 valence electrons. The molecular formula is C14H20N2O3. The van der Waals surface area contributed by atoms with E-state index in [0.717, 1.165) is 22.4 Å². The van der Waals surface area contributed by atoms with Crippen molar-refractivity contribution < 1.29 is 14.3 Å². The Morgan fingerprint density at radius 2 is 1.89 bits per heavy atom. The quantitative estimate of drug-likeness (QED) is 0.788. The first kappa shape index (κ1) is 15.0. The van der Waals surface area contributed by atoms with Gasteiger partial charge in [-0.25, -0.2) is 0 Å². The molecular weight excluding hydrogens is 244 g/mol. The number of amides is 2. The van der Waals surface area contributed by atoms with Gasteiger partial charge in [0.25, 0.3) is 0 Å². The summed E-state index contributed by atoms with van der Waals surface area (Å²) in [5.74, 6) is -0.893. The normalized spacial score (nSPS) is 10.1. The number of primary amides is 1. The van der Waals surface area contributed by atoms with Gasteiger partial charge in [-0.05, 0) is 49.4 Å². The molecule has 1 rings (SSSR count). The molecule has 3 N–H and O–H groups in total. The van der Waals surface area contributed by atoms with Crippen LogP contribution in [0, 0.1) is 20.8 Å². The fourth-order valence-electron chi connectivity index (χ4n) is 2.08. The zero-order valence-corrected chi connectivity index (χ0v) is 11.8. The summed E-state index contributed by atoms with van der Waals surface area (Å²) < 4.78 is 5.44. The van der Waals surface area contributed by atoms with E-state index in [0.29, 0.717) is 13.0 Å². The summed E-state index contributed by atoms with van der Waals surface area (Å²) >= 11 is 0. The van der Waals surface area contributed by atoms with Crippen molar-refractivity contribution in [3.8, 4) is 5.75 Å². The first-order chi connectivity index (χ1) is 8.88. The van der Waals surface area contributed by atoms with Crippen LogP contribution in [0.25, 0.3) is 0 Å². The van der Waals surface area contributed by atoms with Crippen molar-refractivity contribution in [3.63, 3.8) is 0 Å². The maximum Gasteiger partial charge on any atom is 0.309 e. The van der Waals surface area contributed by atoms with E-state index >= 15 is 0 Å². The number of benzene rings is 1. The second kappa shape index (κ2) is 6.22. The fourth-order valence-corrected chi connectivity index (χ4v) is 2.08. The van der Waals surface area contributed by atoms with Crippen LogP contribution in [0.4, 0.5) is 0 Å². The van der Waals surface area contributed by atoms with Gasteiger partial charge in [-0.1, -0.05) is 6.07 Å². The van der Waals surface area contributed by atoms with Gasteiger partial charge < -0.3 is 15.8 Å². The molecule has 0 aliphatic carbocycles. The summed E-state index contributed by atoms with van der Waals surface area (Å²) in [6.45, 7) is 6.38. The number of methoxy groups -OCH3 is 1. The number of nitrogens with one attached hydrogen (secondary N) is 1. The van der Waals surface area contributed by atoms with Crippen LogP contribution in [0.2, 0.25) is 0 Å². The molecule has 0 unspecified atom stereocenters. The lowest BCUT2D eigenvalue weighted by Crippen LogP contribution is -2.37. The highest BCUT2D eigenvalue weighted by atomic mass is 16.5. The highest BCUT2D eigenvalue weighted by molar-refractivity contribution is 6.34. The maximum absolute atomic E-state index is 11.1. The molecule has 0 aromatic heterocycles. The molecule has 0 fully saturated rings. The summed E-state index contributed by atoms with van der Waals surface area (Å²) in [4.78, 5) is 21.7. The largest absolute Gasteiger partial charge is 0.496 e. The van der Waals surface area contributed by atoms with Crippen molar-refractivity contribution >= 4 is 11.8 Å². The Balaban J connectivity index is 2.86. The molecule has 5 heteroatoms. The predicted octanol–water partition coefficient (Wildman–Crippen LogP) is 0.764. The van der Waals surface area contributed by atoms with Crippen LogP contribution >= 0.6 is 0 Å². The molecule has 1 aromatic rings. The molecule has 0 aliphatic rings. The molecule has 0 radical (unpaired) electrons. The average molecular weight is 264 g/mol. The van der Waals surface area contributed by atoms with Crippen LogP contribution < -0.4 is 15.8 Å². The van der Waals surface area contributed by atoms with Gasteiger partial charge in [0.2, 0.25) is 0 Å². The Hall–Kier alpha value is -2.04. The Bertz CT molecular complexity index is 510. The number of hydrogen-bond donors (Lipinski definition) is 2. The second-order valence-corrected chi connectivity index (χ2v) is 4.52. The van der Waals surface area contributed by atoms with Crippen LogP contribution in [0.15, 0.2) is 6.07 Å². The van der Waals surface area contributed by atoms with Crippen LogP contribution in [0.1, 0.15) is 22.3 Å². The zero-order valence-electron chi connectivity index (χ0n) is 11.8. The molecule has 5 nitrogen and oxygen atoms in total. The van der Waals surface area contributed by atoms with E-state index in [1.807, 2.05) is 20.8 Å². The average Bonchev–Trinajstić information content (AvgIpc) is 2.35. The number of rotatable bonds is 4. The van der Waals surface area contributed by atoms with Gasteiger partial charge in [0.1, 0.15) is 5.75 Å². The number of aryl methyl sites for hydroxylation is 2. The number of hydrogen-bond acceptors (Lipinski definition) is 3. The third-order valence-electron chi connectivity index (χ3n) is 3.20. The molecule has 0 bridgehead atoms. The molecule has 0 spiro atoms. The number of ether oxygens (including phenoxy) is 1. The Kier molecular flexibility index (Phi) is 4.92. The summed E-state index contributed by atoms with van der Waals surface area (Å²) in [7, 11) is 1.63. The molecule has 2 amide bonds.